The summed E-state index contributed by atoms with van der Waals surface area (Å²) in [5.41, 5.74) is 1.60. The van der Waals surface area contributed by atoms with E-state index in [0.29, 0.717) is 29.0 Å². The highest BCUT2D eigenvalue weighted by molar-refractivity contribution is 8.13. The molecule has 2 rings (SSSR count). The molecule has 0 aliphatic carbocycles. The van der Waals surface area contributed by atoms with E-state index in [4.69, 9.17) is 0 Å². The molecule has 19 heavy (non-hydrogen) atoms. The van der Waals surface area contributed by atoms with Crippen molar-refractivity contribution in [3.63, 3.8) is 0 Å². The van der Waals surface area contributed by atoms with Crippen LogP contribution in [0.5, 0.6) is 0 Å². The average Bonchev–Trinajstić information content (AvgIpc) is 2.65. The molecule has 5 heteroatoms. The summed E-state index contributed by atoms with van der Waals surface area (Å²) in [4.78, 5) is 33.4. The van der Waals surface area contributed by atoms with Crippen LogP contribution in [0, 0.1) is 11.8 Å². The molecular weight excluding hydrogens is 262 g/mol. The number of rotatable bonds is 2. The van der Waals surface area contributed by atoms with Gasteiger partial charge >= 0.3 is 0 Å². The Morgan fingerprint density at radius 3 is 2.89 bits per heavy atom. The highest BCUT2D eigenvalue weighted by atomic mass is 32.2. The Labute approximate surface area is 115 Å². The van der Waals surface area contributed by atoms with Gasteiger partial charge in [0.1, 0.15) is 0 Å². The standard InChI is InChI=1S/C14H11NO3S/c1-9(16)19-7-3-2-4-10-5-6-12-11(8-10)13(17)14(18)15-12/h5-6,8H,3,7H2,1H3,(H,15,17,18). The van der Waals surface area contributed by atoms with Crippen molar-refractivity contribution < 1.29 is 14.4 Å². The number of nitrogens with one attached hydrogen (secondary N) is 1. The second-order valence-electron chi connectivity index (χ2n) is 3.94. The molecule has 1 N–H and O–H groups in total. The monoisotopic (exact) mass is 273 g/mol. The molecular formula is C14H11NO3S. The molecule has 1 aliphatic heterocycles. The van der Waals surface area contributed by atoms with Crippen LogP contribution in [0.2, 0.25) is 0 Å². The minimum absolute atomic E-state index is 0.0783. The molecule has 0 unspecified atom stereocenters. The Morgan fingerprint density at radius 1 is 1.37 bits per heavy atom. The average molecular weight is 273 g/mol. The largest absolute Gasteiger partial charge is 0.318 e. The van der Waals surface area contributed by atoms with Gasteiger partial charge in [0, 0.05) is 24.7 Å². The van der Waals surface area contributed by atoms with E-state index in [0.717, 1.165) is 0 Å². The van der Waals surface area contributed by atoms with Crippen LogP contribution < -0.4 is 5.32 Å². The SMILES string of the molecule is CC(=O)SCCC#Cc1ccc2c(c1)C(=O)C(=O)N2. The van der Waals surface area contributed by atoms with Gasteiger partial charge in [0.25, 0.3) is 11.7 Å². The fourth-order valence-electron chi connectivity index (χ4n) is 1.63. The van der Waals surface area contributed by atoms with E-state index in [-0.39, 0.29) is 5.12 Å². The van der Waals surface area contributed by atoms with Crippen molar-refractivity contribution >= 4 is 34.3 Å². The van der Waals surface area contributed by atoms with Crippen LogP contribution >= 0.6 is 11.8 Å². The molecule has 1 amide bonds. The zero-order valence-electron chi connectivity index (χ0n) is 10.3. The first-order valence-corrected chi connectivity index (χ1v) is 6.68. The molecule has 1 aromatic rings. The topological polar surface area (TPSA) is 63.2 Å². The number of anilines is 1. The Hall–Kier alpha value is -2.06. The van der Waals surface area contributed by atoms with Crippen LogP contribution in [0.25, 0.3) is 0 Å². The van der Waals surface area contributed by atoms with Crippen LogP contribution in [0.3, 0.4) is 0 Å². The number of carbonyl (C=O) groups is 3. The third-order valence-electron chi connectivity index (χ3n) is 2.48. The van der Waals surface area contributed by atoms with Gasteiger partial charge in [0.05, 0.1) is 11.3 Å². The van der Waals surface area contributed by atoms with E-state index in [1.165, 1.54) is 18.7 Å². The van der Waals surface area contributed by atoms with E-state index in [1.54, 1.807) is 18.2 Å². The number of hydrogen-bond donors (Lipinski definition) is 1. The zero-order valence-corrected chi connectivity index (χ0v) is 11.1. The molecule has 1 aliphatic rings. The van der Waals surface area contributed by atoms with Gasteiger partial charge in [-0.05, 0) is 18.2 Å². The smallest absolute Gasteiger partial charge is 0.296 e. The van der Waals surface area contributed by atoms with E-state index in [2.05, 4.69) is 17.2 Å². The highest BCUT2D eigenvalue weighted by Crippen LogP contribution is 2.23. The molecule has 0 aromatic heterocycles. The van der Waals surface area contributed by atoms with Gasteiger partial charge in [-0.1, -0.05) is 23.6 Å². The fourth-order valence-corrected chi connectivity index (χ4v) is 2.12. The van der Waals surface area contributed by atoms with Crippen LogP contribution in [-0.4, -0.2) is 22.6 Å². The Kier molecular flexibility index (Phi) is 4.03. The number of carbonyl (C=O) groups excluding carboxylic acids is 3. The van der Waals surface area contributed by atoms with Crippen molar-refractivity contribution in [2.24, 2.45) is 0 Å². The normalized spacial score (nSPS) is 12.5. The van der Waals surface area contributed by atoms with Crippen molar-refractivity contribution in [1.29, 1.82) is 0 Å². The lowest BCUT2D eigenvalue weighted by Gasteiger charge is -1.96. The number of ketones is 1. The molecule has 0 atom stereocenters. The number of Topliss-reactive ketones (excluding diaryl/α,β-unsaturated/α-hetero) is 1. The van der Waals surface area contributed by atoms with E-state index in [1.807, 2.05) is 0 Å². The molecule has 96 valence electrons. The summed E-state index contributed by atoms with van der Waals surface area (Å²) in [5.74, 6) is 5.39. The predicted octanol–water partition coefficient (Wildman–Crippen LogP) is 1.84. The lowest BCUT2D eigenvalue weighted by Crippen LogP contribution is -2.12. The minimum atomic E-state index is -0.599. The molecule has 0 radical (unpaired) electrons. The second-order valence-corrected chi connectivity index (χ2v) is 5.21. The summed E-state index contributed by atoms with van der Waals surface area (Å²) < 4.78 is 0. The third kappa shape index (κ3) is 3.24. The fraction of sp³-hybridized carbons (Fsp3) is 0.214. The molecule has 0 spiro atoms. The predicted molar refractivity (Wildman–Crippen MR) is 74.0 cm³/mol. The summed E-state index contributed by atoms with van der Waals surface area (Å²) >= 11 is 1.24. The number of hydrogen-bond acceptors (Lipinski definition) is 4. The first-order valence-electron chi connectivity index (χ1n) is 5.70. The molecule has 1 aromatic carbocycles. The maximum atomic E-state index is 11.5. The number of thioether (sulfide) groups is 1. The summed E-state index contributed by atoms with van der Waals surface area (Å²) in [5, 5.41) is 2.56. The first-order chi connectivity index (χ1) is 9.08. The molecule has 4 nitrogen and oxygen atoms in total. The van der Waals surface area contributed by atoms with Crippen molar-refractivity contribution in [3.05, 3.63) is 29.3 Å². The number of benzene rings is 1. The number of fused-ring (bicyclic) bond motifs is 1. The van der Waals surface area contributed by atoms with Gasteiger partial charge in [-0.3, -0.25) is 14.4 Å². The first kappa shape index (κ1) is 13.4. The molecule has 0 saturated heterocycles. The molecule has 0 saturated carbocycles. The van der Waals surface area contributed by atoms with Gasteiger partial charge < -0.3 is 5.32 Å². The van der Waals surface area contributed by atoms with Crippen LogP contribution in [-0.2, 0) is 9.59 Å². The minimum Gasteiger partial charge on any atom is -0.318 e. The molecule has 1 heterocycles. The summed E-state index contributed by atoms with van der Waals surface area (Å²) in [6.45, 7) is 1.52. The zero-order chi connectivity index (χ0) is 13.8. The van der Waals surface area contributed by atoms with E-state index in [9.17, 15) is 14.4 Å². The molecule has 0 fully saturated rings. The van der Waals surface area contributed by atoms with E-state index >= 15 is 0 Å². The Bertz CT molecular complexity index is 625. The summed E-state index contributed by atoms with van der Waals surface area (Å²) in [6, 6.07) is 5.04. The quantitative estimate of drug-likeness (QED) is 0.507. The van der Waals surface area contributed by atoms with Gasteiger partial charge in [0.2, 0.25) is 0 Å². The summed E-state index contributed by atoms with van der Waals surface area (Å²) in [6.07, 6.45) is 0.604. The van der Waals surface area contributed by atoms with Crippen molar-refractivity contribution in [1.82, 2.24) is 0 Å². The van der Waals surface area contributed by atoms with E-state index < -0.39 is 11.7 Å². The van der Waals surface area contributed by atoms with Gasteiger partial charge in [-0.2, -0.15) is 0 Å². The van der Waals surface area contributed by atoms with Gasteiger partial charge in [-0.25, -0.2) is 0 Å². The van der Waals surface area contributed by atoms with Gasteiger partial charge in [-0.15, -0.1) is 0 Å². The maximum Gasteiger partial charge on any atom is 0.296 e. The van der Waals surface area contributed by atoms with Gasteiger partial charge in [0.15, 0.2) is 5.12 Å². The van der Waals surface area contributed by atoms with Crippen LogP contribution in [0.1, 0.15) is 29.3 Å². The van der Waals surface area contributed by atoms with Crippen molar-refractivity contribution in [3.8, 4) is 11.8 Å². The second kappa shape index (κ2) is 5.72. The summed E-state index contributed by atoms with van der Waals surface area (Å²) in [7, 11) is 0. The Balaban J connectivity index is 2.04. The number of amides is 1. The van der Waals surface area contributed by atoms with Crippen LogP contribution in [0.4, 0.5) is 5.69 Å². The van der Waals surface area contributed by atoms with Crippen LogP contribution in [0.15, 0.2) is 18.2 Å². The third-order valence-corrected chi connectivity index (χ3v) is 3.30. The van der Waals surface area contributed by atoms with Crippen molar-refractivity contribution in [2.45, 2.75) is 13.3 Å². The lowest BCUT2D eigenvalue weighted by atomic mass is 10.1. The lowest BCUT2D eigenvalue weighted by molar-refractivity contribution is -0.112. The molecule has 0 bridgehead atoms. The highest BCUT2D eigenvalue weighted by Gasteiger charge is 2.27. The Morgan fingerprint density at radius 2 is 2.16 bits per heavy atom. The maximum absolute atomic E-state index is 11.5. The van der Waals surface area contributed by atoms with Crippen molar-refractivity contribution in [2.75, 3.05) is 11.1 Å².